The maximum Gasteiger partial charge on any atom is 0.326 e. The van der Waals surface area contributed by atoms with Gasteiger partial charge < -0.3 is 20.8 Å². The number of rotatable bonds is 7. The Morgan fingerprint density at radius 3 is 2.38 bits per heavy atom. The Morgan fingerprint density at radius 1 is 1.24 bits per heavy atom. The Balaban J connectivity index is 2.47. The number of amides is 2. The summed E-state index contributed by atoms with van der Waals surface area (Å²) in [7, 11) is 0. The molecule has 0 radical (unpaired) electrons. The topological polar surface area (TPSA) is 116 Å². The van der Waals surface area contributed by atoms with Gasteiger partial charge in [-0.05, 0) is 31.1 Å². The number of hydrogen-bond acceptors (Lipinski definition) is 3. The second-order valence-corrected chi connectivity index (χ2v) is 5.65. The molecule has 7 nitrogen and oxygen atoms in total. The Kier molecular flexibility index (Phi) is 6.45. The fraction of sp³-hybridized carbons (Fsp3) is 0.786. The maximum absolute atomic E-state index is 11.9. The molecule has 7 heteroatoms. The number of carbonyl (C=O) groups is 3. The highest BCUT2D eigenvalue weighted by Gasteiger charge is 2.33. The van der Waals surface area contributed by atoms with Gasteiger partial charge in [-0.25, -0.2) is 9.59 Å². The molecule has 0 aliphatic heterocycles. The lowest BCUT2D eigenvalue weighted by atomic mass is 9.93. The Bertz CT molecular complexity index is 399. The van der Waals surface area contributed by atoms with Crippen molar-refractivity contribution in [3.05, 3.63) is 0 Å². The summed E-state index contributed by atoms with van der Waals surface area (Å²) in [6.45, 7) is 4.21. The lowest BCUT2D eigenvalue weighted by Crippen LogP contribution is -2.50. The third-order valence-electron chi connectivity index (χ3n) is 4.32. The minimum Gasteiger partial charge on any atom is -0.481 e. The Morgan fingerprint density at radius 2 is 1.90 bits per heavy atom. The summed E-state index contributed by atoms with van der Waals surface area (Å²) in [5.74, 6) is -1.36. The number of carboxylic acids is 2. The predicted molar refractivity (Wildman–Crippen MR) is 75.9 cm³/mol. The van der Waals surface area contributed by atoms with E-state index < -0.39 is 24.0 Å². The van der Waals surface area contributed by atoms with Gasteiger partial charge in [0.2, 0.25) is 0 Å². The lowest BCUT2D eigenvalue weighted by Gasteiger charge is -2.22. The molecule has 1 aliphatic rings. The first-order chi connectivity index (χ1) is 9.85. The number of urea groups is 1. The van der Waals surface area contributed by atoms with Gasteiger partial charge in [0.25, 0.3) is 0 Å². The van der Waals surface area contributed by atoms with E-state index >= 15 is 0 Å². The second kappa shape index (κ2) is 7.85. The van der Waals surface area contributed by atoms with Crippen LogP contribution in [0.3, 0.4) is 0 Å². The van der Waals surface area contributed by atoms with Crippen molar-refractivity contribution in [3.63, 3.8) is 0 Å². The van der Waals surface area contributed by atoms with Crippen LogP contribution in [0.1, 0.15) is 46.0 Å². The molecule has 0 aromatic rings. The summed E-state index contributed by atoms with van der Waals surface area (Å²) in [4.78, 5) is 33.4. The molecule has 0 heterocycles. The Labute approximate surface area is 124 Å². The van der Waals surface area contributed by atoms with E-state index in [1.54, 1.807) is 0 Å². The van der Waals surface area contributed by atoms with Gasteiger partial charge in [0.1, 0.15) is 6.04 Å². The molecule has 3 unspecified atom stereocenters. The molecule has 0 aromatic carbocycles. The van der Waals surface area contributed by atoms with Crippen molar-refractivity contribution in [3.8, 4) is 0 Å². The lowest BCUT2D eigenvalue weighted by molar-refractivity contribution is -0.140. The van der Waals surface area contributed by atoms with Gasteiger partial charge in [0.05, 0.1) is 0 Å². The minimum atomic E-state index is -1.22. The first kappa shape index (κ1) is 17.3. The standard InChI is InChI=1S/C14H24N2O5/c1-3-9-4-5-10(8(9)2)15-14(21)16-11(13(19)20)6-7-12(17)18/h8-11H,3-7H2,1-2H3,(H,17,18)(H,19,20)(H2,15,16,21)/t8?,9?,10?,11-/m0/s1. The van der Waals surface area contributed by atoms with Crippen LogP contribution >= 0.6 is 0 Å². The van der Waals surface area contributed by atoms with Gasteiger partial charge in [-0.1, -0.05) is 20.3 Å². The summed E-state index contributed by atoms with van der Waals surface area (Å²) in [5.41, 5.74) is 0. The summed E-state index contributed by atoms with van der Waals surface area (Å²) in [6, 6.07) is -1.68. The van der Waals surface area contributed by atoms with Gasteiger partial charge in [-0.15, -0.1) is 0 Å². The molecule has 0 aromatic heterocycles. The molecule has 1 aliphatic carbocycles. The number of aliphatic carboxylic acids is 2. The van der Waals surface area contributed by atoms with Crippen LogP contribution in [-0.4, -0.2) is 40.3 Å². The molecule has 120 valence electrons. The van der Waals surface area contributed by atoms with Crippen molar-refractivity contribution in [2.24, 2.45) is 11.8 Å². The van der Waals surface area contributed by atoms with E-state index in [0.717, 1.165) is 19.3 Å². The van der Waals surface area contributed by atoms with E-state index in [4.69, 9.17) is 10.2 Å². The maximum atomic E-state index is 11.9. The normalized spacial score (nSPS) is 26.1. The predicted octanol–water partition coefficient (Wildman–Crippen LogP) is 1.43. The number of carbonyl (C=O) groups excluding carboxylic acids is 1. The second-order valence-electron chi connectivity index (χ2n) is 5.65. The van der Waals surface area contributed by atoms with Crippen LogP contribution in [0.4, 0.5) is 4.79 Å². The number of hydrogen-bond donors (Lipinski definition) is 4. The fourth-order valence-corrected chi connectivity index (χ4v) is 2.92. The van der Waals surface area contributed by atoms with Gasteiger partial charge in [-0.2, -0.15) is 0 Å². The van der Waals surface area contributed by atoms with Gasteiger partial charge in [-0.3, -0.25) is 4.79 Å². The quantitative estimate of drug-likeness (QED) is 0.567. The van der Waals surface area contributed by atoms with E-state index in [1.807, 2.05) is 0 Å². The van der Waals surface area contributed by atoms with Gasteiger partial charge in [0, 0.05) is 12.5 Å². The minimum absolute atomic E-state index is 0.0452. The Hall–Kier alpha value is -1.79. The molecular formula is C14H24N2O5. The van der Waals surface area contributed by atoms with E-state index in [-0.39, 0.29) is 18.9 Å². The zero-order valence-electron chi connectivity index (χ0n) is 12.5. The van der Waals surface area contributed by atoms with E-state index in [9.17, 15) is 14.4 Å². The van der Waals surface area contributed by atoms with E-state index in [0.29, 0.717) is 11.8 Å². The summed E-state index contributed by atoms with van der Waals surface area (Å²) < 4.78 is 0. The molecule has 1 fully saturated rings. The molecule has 1 saturated carbocycles. The average Bonchev–Trinajstić information content (AvgIpc) is 2.75. The molecule has 4 atom stereocenters. The average molecular weight is 300 g/mol. The van der Waals surface area contributed by atoms with E-state index in [1.165, 1.54) is 0 Å². The van der Waals surface area contributed by atoms with Crippen LogP contribution in [-0.2, 0) is 9.59 Å². The highest BCUT2D eigenvalue weighted by Crippen LogP contribution is 2.33. The molecule has 0 saturated heterocycles. The largest absolute Gasteiger partial charge is 0.481 e. The molecule has 21 heavy (non-hydrogen) atoms. The van der Waals surface area contributed by atoms with Crippen molar-refractivity contribution in [1.82, 2.24) is 10.6 Å². The molecule has 2 amide bonds. The van der Waals surface area contributed by atoms with E-state index in [2.05, 4.69) is 24.5 Å². The van der Waals surface area contributed by atoms with Crippen LogP contribution in [0.15, 0.2) is 0 Å². The number of carboxylic acid groups (broad SMARTS) is 2. The van der Waals surface area contributed by atoms with Crippen molar-refractivity contribution in [1.29, 1.82) is 0 Å². The van der Waals surface area contributed by atoms with Crippen LogP contribution < -0.4 is 10.6 Å². The first-order valence-corrected chi connectivity index (χ1v) is 7.36. The third-order valence-corrected chi connectivity index (χ3v) is 4.32. The highest BCUT2D eigenvalue weighted by atomic mass is 16.4. The summed E-state index contributed by atoms with van der Waals surface area (Å²) >= 11 is 0. The molecule has 0 spiro atoms. The van der Waals surface area contributed by atoms with Gasteiger partial charge >= 0.3 is 18.0 Å². The smallest absolute Gasteiger partial charge is 0.326 e. The van der Waals surface area contributed by atoms with Crippen LogP contribution in [0.2, 0.25) is 0 Å². The first-order valence-electron chi connectivity index (χ1n) is 7.36. The summed E-state index contributed by atoms with van der Waals surface area (Å²) in [6.07, 6.45) is 2.59. The van der Waals surface area contributed by atoms with Crippen LogP contribution in [0.5, 0.6) is 0 Å². The zero-order valence-corrected chi connectivity index (χ0v) is 12.5. The zero-order chi connectivity index (χ0) is 16.0. The molecular weight excluding hydrogens is 276 g/mol. The highest BCUT2D eigenvalue weighted by molar-refractivity contribution is 5.83. The van der Waals surface area contributed by atoms with Crippen LogP contribution in [0.25, 0.3) is 0 Å². The number of nitrogens with one attached hydrogen (secondary N) is 2. The fourth-order valence-electron chi connectivity index (χ4n) is 2.92. The molecule has 0 bridgehead atoms. The monoisotopic (exact) mass is 300 g/mol. The van der Waals surface area contributed by atoms with Crippen molar-refractivity contribution >= 4 is 18.0 Å². The van der Waals surface area contributed by atoms with Crippen LogP contribution in [0, 0.1) is 11.8 Å². The third kappa shape index (κ3) is 5.24. The summed E-state index contributed by atoms with van der Waals surface area (Å²) in [5, 5.41) is 22.7. The molecule has 1 rings (SSSR count). The van der Waals surface area contributed by atoms with Gasteiger partial charge in [0.15, 0.2) is 0 Å². The van der Waals surface area contributed by atoms with Crippen molar-refractivity contribution in [2.75, 3.05) is 0 Å². The van der Waals surface area contributed by atoms with Crippen molar-refractivity contribution in [2.45, 2.75) is 58.0 Å². The molecule has 4 N–H and O–H groups in total. The SMILES string of the molecule is CCC1CCC(NC(=O)N[C@@H](CCC(=O)O)C(=O)O)C1C. The van der Waals surface area contributed by atoms with Crippen molar-refractivity contribution < 1.29 is 24.6 Å².